The number of alkyl halides is 1. The fourth-order valence-electron chi connectivity index (χ4n) is 5.19. The number of hydrogen-bond donors (Lipinski definition) is 0. The Balaban J connectivity index is 0.00000158. The van der Waals surface area contributed by atoms with Gasteiger partial charge in [-0.3, -0.25) is 0 Å². The Morgan fingerprint density at radius 1 is 0.575 bits per heavy atom. The Labute approximate surface area is 244 Å². The van der Waals surface area contributed by atoms with Crippen LogP contribution in [0.3, 0.4) is 0 Å². The molecule has 5 aromatic carbocycles. The Morgan fingerprint density at radius 2 is 1.02 bits per heavy atom. The van der Waals surface area contributed by atoms with Crippen LogP contribution in [0.15, 0.2) is 140 Å². The highest BCUT2D eigenvalue weighted by molar-refractivity contribution is 9.08. The van der Waals surface area contributed by atoms with Gasteiger partial charge >= 0.3 is 0 Å². The summed E-state index contributed by atoms with van der Waals surface area (Å²) in [6.07, 6.45) is 0. The van der Waals surface area contributed by atoms with E-state index in [-0.39, 0.29) is 0 Å². The third kappa shape index (κ3) is 5.01. The first-order chi connectivity index (χ1) is 19.8. The van der Waals surface area contributed by atoms with Crippen molar-refractivity contribution in [2.45, 2.75) is 24.7 Å². The average Bonchev–Trinajstić information content (AvgIpc) is 3.54. The lowest BCUT2D eigenvalue weighted by Crippen LogP contribution is -2.39. The number of halogens is 1. The standard InChI is InChI=1S/C33H25BrN4.C2H6/c34-24-25-20-22-26(23-21-25)30-18-10-11-19-31(30)32-35-36-37-38(32)33(27-12-4-1-5-13-27,28-14-6-2-7-15-28)29-16-8-3-9-17-29;1-2/h1-23H,24H2;1-2H3. The summed E-state index contributed by atoms with van der Waals surface area (Å²) in [5.74, 6) is 0.696. The van der Waals surface area contributed by atoms with Crippen molar-refractivity contribution >= 4 is 15.9 Å². The van der Waals surface area contributed by atoms with Crippen molar-refractivity contribution in [3.8, 4) is 22.5 Å². The first kappa shape index (κ1) is 27.2. The zero-order chi connectivity index (χ0) is 27.8. The van der Waals surface area contributed by atoms with Crippen molar-refractivity contribution < 1.29 is 0 Å². The SMILES string of the molecule is BrCc1ccc(-c2ccccc2-c2nnnn2C(c2ccccc2)(c2ccccc2)c2ccccc2)cc1.CC. The normalized spacial score (nSPS) is 11.0. The average molecular weight is 588 g/mol. The van der Waals surface area contributed by atoms with Gasteiger partial charge in [0, 0.05) is 10.9 Å². The smallest absolute Gasteiger partial charge is 0.184 e. The minimum atomic E-state index is -0.796. The first-order valence-corrected chi connectivity index (χ1v) is 14.6. The Hall–Kier alpha value is -4.35. The van der Waals surface area contributed by atoms with Crippen LogP contribution in [0.4, 0.5) is 0 Å². The summed E-state index contributed by atoms with van der Waals surface area (Å²) in [6, 6.07) is 48.4. The molecule has 0 amide bonds. The van der Waals surface area contributed by atoms with E-state index in [0.29, 0.717) is 5.82 Å². The van der Waals surface area contributed by atoms with Gasteiger partial charge in [0.2, 0.25) is 0 Å². The quantitative estimate of drug-likeness (QED) is 0.139. The molecule has 5 heteroatoms. The van der Waals surface area contributed by atoms with Gasteiger partial charge in [0.25, 0.3) is 0 Å². The van der Waals surface area contributed by atoms with Crippen LogP contribution in [0, 0.1) is 0 Å². The molecule has 6 rings (SSSR count). The van der Waals surface area contributed by atoms with E-state index in [2.05, 4.69) is 142 Å². The van der Waals surface area contributed by atoms with Crippen molar-refractivity contribution in [2.24, 2.45) is 0 Å². The van der Waals surface area contributed by atoms with Crippen LogP contribution < -0.4 is 0 Å². The highest BCUT2D eigenvalue weighted by atomic mass is 79.9. The number of tetrazole rings is 1. The number of rotatable bonds is 7. The molecule has 1 aromatic heterocycles. The molecule has 0 spiro atoms. The van der Waals surface area contributed by atoms with E-state index >= 15 is 0 Å². The lowest BCUT2D eigenvalue weighted by atomic mass is 9.77. The van der Waals surface area contributed by atoms with Gasteiger partial charge in [0.1, 0.15) is 5.54 Å². The predicted molar refractivity (Wildman–Crippen MR) is 167 cm³/mol. The molecule has 40 heavy (non-hydrogen) atoms. The van der Waals surface area contributed by atoms with Crippen molar-refractivity contribution in [1.82, 2.24) is 20.2 Å². The van der Waals surface area contributed by atoms with E-state index in [9.17, 15) is 0 Å². The van der Waals surface area contributed by atoms with Crippen molar-refractivity contribution in [3.63, 3.8) is 0 Å². The van der Waals surface area contributed by atoms with Gasteiger partial charge in [-0.15, -0.1) is 5.10 Å². The summed E-state index contributed by atoms with van der Waals surface area (Å²) in [6.45, 7) is 4.00. The third-order valence-electron chi connectivity index (χ3n) is 6.95. The Bertz CT molecular complexity index is 1530. The summed E-state index contributed by atoms with van der Waals surface area (Å²) in [7, 11) is 0. The van der Waals surface area contributed by atoms with Gasteiger partial charge in [0.15, 0.2) is 5.82 Å². The molecule has 1 heterocycles. The van der Waals surface area contributed by atoms with E-state index in [1.165, 1.54) is 5.56 Å². The molecule has 0 saturated heterocycles. The number of nitrogens with zero attached hydrogens (tertiary/aromatic N) is 4. The van der Waals surface area contributed by atoms with Gasteiger partial charge in [-0.1, -0.05) is 169 Å². The van der Waals surface area contributed by atoms with Crippen molar-refractivity contribution in [1.29, 1.82) is 0 Å². The molecule has 0 atom stereocenters. The van der Waals surface area contributed by atoms with E-state index in [4.69, 9.17) is 5.21 Å². The maximum atomic E-state index is 4.71. The highest BCUT2D eigenvalue weighted by Crippen LogP contribution is 2.43. The molecule has 6 aromatic rings. The number of aromatic nitrogens is 4. The lowest BCUT2D eigenvalue weighted by Gasteiger charge is -2.36. The van der Waals surface area contributed by atoms with Gasteiger partial charge in [-0.2, -0.15) is 0 Å². The van der Waals surface area contributed by atoms with E-state index in [1.54, 1.807) is 0 Å². The van der Waals surface area contributed by atoms with Gasteiger partial charge in [-0.25, -0.2) is 4.68 Å². The maximum Gasteiger partial charge on any atom is 0.184 e. The van der Waals surface area contributed by atoms with Gasteiger partial charge in [0.05, 0.1) is 0 Å². The number of benzene rings is 5. The first-order valence-electron chi connectivity index (χ1n) is 13.5. The van der Waals surface area contributed by atoms with Crippen LogP contribution in [0.5, 0.6) is 0 Å². The second-order valence-electron chi connectivity index (χ2n) is 9.10. The molecular weight excluding hydrogens is 556 g/mol. The molecule has 0 fully saturated rings. The zero-order valence-electron chi connectivity index (χ0n) is 22.7. The Kier molecular flexibility index (Phi) is 8.62. The third-order valence-corrected chi connectivity index (χ3v) is 7.60. The topological polar surface area (TPSA) is 43.6 Å². The molecule has 0 unspecified atom stereocenters. The zero-order valence-corrected chi connectivity index (χ0v) is 24.2. The molecule has 0 aliphatic heterocycles. The monoisotopic (exact) mass is 586 g/mol. The lowest BCUT2D eigenvalue weighted by molar-refractivity contribution is 0.451. The van der Waals surface area contributed by atoms with Crippen LogP contribution in [-0.2, 0) is 10.9 Å². The molecule has 4 nitrogen and oxygen atoms in total. The molecule has 0 aliphatic rings. The summed E-state index contributed by atoms with van der Waals surface area (Å²) < 4.78 is 1.98. The fraction of sp³-hybridized carbons (Fsp3) is 0.114. The van der Waals surface area contributed by atoms with Crippen molar-refractivity contribution in [3.05, 3.63) is 162 Å². The Morgan fingerprint density at radius 3 is 1.50 bits per heavy atom. The van der Waals surface area contributed by atoms with Crippen LogP contribution in [-0.4, -0.2) is 20.2 Å². The highest BCUT2D eigenvalue weighted by Gasteiger charge is 2.42. The van der Waals surface area contributed by atoms with E-state index < -0.39 is 5.54 Å². The van der Waals surface area contributed by atoms with E-state index in [1.807, 2.05) is 42.8 Å². The van der Waals surface area contributed by atoms with Crippen LogP contribution in [0.1, 0.15) is 36.1 Å². The maximum absolute atomic E-state index is 4.71. The summed E-state index contributed by atoms with van der Waals surface area (Å²) in [4.78, 5) is 0. The second kappa shape index (κ2) is 12.7. The fourth-order valence-corrected chi connectivity index (χ4v) is 5.56. The summed E-state index contributed by atoms with van der Waals surface area (Å²) in [5, 5.41) is 14.4. The summed E-state index contributed by atoms with van der Waals surface area (Å²) >= 11 is 3.55. The molecular formula is C35H31BrN4. The van der Waals surface area contributed by atoms with Crippen molar-refractivity contribution in [2.75, 3.05) is 0 Å². The molecule has 0 N–H and O–H groups in total. The molecule has 0 radical (unpaired) electrons. The van der Waals surface area contributed by atoms with Crippen LogP contribution >= 0.6 is 15.9 Å². The summed E-state index contributed by atoms with van der Waals surface area (Å²) in [5.41, 5.74) is 6.82. The van der Waals surface area contributed by atoms with E-state index in [0.717, 1.165) is 38.7 Å². The largest absolute Gasteiger partial charge is 0.205 e. The number of hydrogen-bond acceptors (Lipinski definition) is 3. The minimum Gasteiger partial charge on any atom is -0.205 e. The second-order valence-corrected chi connectivity index (χ2v) is 9.66. The predicted octanol–water partition coefficient (Wildman–Crippen LogP) is 8.77. The molecule has 0 saturated carbocycles. The van der Waals surface area contributed by atoms with Gasteiger partial charge < -0.3 is 0 Å². The van der Waals surface area contributed by atoms with Crippen LogP contribution in [0.25, 0.3) is 22.5 Å². The molecule has 198 valence electrons. The van der Waals surface area contributed by atoms with Gasteiger partial charge in [-0.05, 0) is 43.8 Å². The van der Waals surface area contributed by atoms with Crippen LogP contribution in [0.2, 0.25) is 0 Å². The molecule has 0 aliphatic carbocycles. The molecule has 0 bridgehead atoms. The minimum absolute atomic E-state index is 0.696.